The average Bonchev–Trinajstić information content (AvgIpc) is 2.76. The zero-order valence-electron chi connectivity index (χ0n) is 17.2. The number of carbonyl (C=O) groups is 2. The number of aromatic nitrogens is 1. The maximum absolute atomic E-state index is 13.1. The third-order valence-electron chi connectivity index (χ3n) is 4.25. The number of methoxy groups -OCH3 is 1. The van der Waals surface area contributed by atoms with Gasteiger partial charge in [0.25, 0.3) is 5.91 Å². The summed E-state index contributed by atoms with van der Waals surface area (Å²) in [6.07, 6.45) is -3.39. The molecule has 0 bridgehead atoms. The molecule has 1 aromatic heterocycles. The number of amides is 3. The number of urea groups is 1. The maximum Gasteiger partial charge on any atom is 0.417 e. The second-order valence-corrected chi connectivity index (χ2v) is 7.41. The number of nitrogens with one attached hydrogen (secondary N) is 2. The lowest BCUT2D eigenvalue weighted by Gasteiger charge is -2.16. The average molecular weight is 515 g/mol. The molecule has 1 heterocycles. The number of pyridine rings is 1. The Labute approximate surface area is 200 Å². The van der Waals surface area contributed by atoms with Crippen LogP contribution >= 0.6 is 23.2 Å². The van der Waals surface area contributed by atoms with Crippen LogP contribution in [-0.4, -0.2) is 24.0 Å². The van der Waals surface area contributed by atoms with Gasteiger partial charge in [0, 0.05) is 24.4 Å². The van der Waals surface area contributed by atoms with E-state index >= 15 is 0 Å². The number of rotatable bonds is 6. The lowest BCUT2D eigenvalue weighted by molar-refractivity contribution is -0.137. The summed E-state index contributed by atoms with van der Waals surface area (Å²) in [5.74, 6) is -0.259. The Morgan fingerprint density at radius 2 is 1.65 bits per heavy atom. The number of hydrogen-bond acceptors (Lipinski definition) is 5. The van der Waals surface area contributed by atoms with Gasteiger partial charge in [-0.1, -0.05) is 23.2 Å². The van der Waals surface area contributed by atoms with Crippen molar-refractivity contribution in [1.29, 1.82) is 0 Å². The van der Waals surface area contributed by atoms with E-state index < -0.39 is 28.7 Å². The molecule has 3 rings (SSSR count). The van der Waals surface area contributed by atoms with Gasteiger partial charge in [-0.15, -0.1) is 0 Å². The monoisotopic (exact) mass is 514 g/mol. The number of hydrogen-bond donors (Lipinski definition) is 3. The van der Waals surface area contributed by atoms with Crippen molar-refractivity contribution in [2.45, 2.75) is 6.18 Å². The Kier molecular flexibility index (Phi) is 7.38. The van der Waals surface area contributed by atoms with Gasteiger partial charge in [0.15, 0.2) is 0 Å². The first kappa shape index (κ1) is 24.9. The fourth-order valence-electron chi connectivity index (χ4n) is 2.72. The van der Waals surface area contributed by atoms with Crippen LogP contribution in [0, 0.1) is 0 Å². The summed E-state index contributed by atoms with van der Waals surface area (Å²) < 4.78 is 50.0. The van der Waals surface area contributed by atoms with Crippen molar-refractivity contribution < 1.29 is 32.2 Å². The molecule has 0 aliphatic carbocycles. The molecule has 0 spiro atoms. The topological polar surface area (TPSA) is 116 Å². The van der Waals surface area contributed by atoms with Crippen LogP contribution in [0.2, 0.25) is 10.0 Å². The van der Waals surface area contributed by atoms with Crippen LogP contribution in [-0.2, 0) is 6.18 Å². The van der Waals surface area contributed by atoms with Crippen LogP contribution in [0.4, 0.5) is 29.3 Å². The molecule has 0 saturated carbocycles. The molecule has 2 aromatic carbocycles. The normalized spacial score (nSPS) is 11.0. The first-order valence-corrected chi connectivity index (χ1v) is 9.99. The van der Waals surface area contributed by atoms with Crippen LogP contribution in [0.15, 0.2) is 48.7 Å². The van der Waals surface area contributed by atoms with E-state index in [0.717, 1.165) is 6.07 Å². The standard InChI is InChI=1S/C21H15Cl2F3N4O4/c1-33-18-9-13(22)12(21(24,25)26)8-16(18)30-20(32)29-15-3-2-10(6-14(15)23)34-11-4-5-28-17(7-11)19(27)31/h2-9H,1H3,(H2,27,31)(H2,29,30,32). The second-order valence-electron chi connectivity index (χ2n) is 6.59. The molecule has 0 fully saturated rings. The van der Waals surface area contributed by atoms with E-state index in [9.17, 15) is 22.8 Å². The Morgan fingerprint density at radius 1 is 0.971 bits per heavy atom. The number of primary amides is 1. The predicted molar refractivity (Wildman–Crippen MR) is 120 cm³/mol. The quantitative estimate of drug-likeness (QED) is 0.375. The number of alkyl halides is 3. The highest BCUT2D eigenvalue weighted by Crippen LogP contribution is 2.40. The summed E-state index contributed by atoms with van der Waals surface area (Å²) in [7, 11) is 1.22. The highest BCUT2D eigenvalue weighted by Gasteiger charge is 2.34. The third kappa shape index (κ3) is 6.00. The van der Waals surface area contributed by atoms with Gasteiger partial charge in [0.05, 0.1) is 34.1 Å². The predicted octanol–water partition coefficient (Wildman–Crippen LogP) is 5.95. The van der Waals surface area contributed by atoms with E-state index in [1.165, 1.54) is 43.6 Å². The molecule has 0 unspecified atom stereocenters. The number of carbonyl (C=O) groups excluding carboxylic acids is 2. The number of ether oxygens (including phenoxy) is 2. The van der Waals surface area contributed by atoms with Gasteiger partial charge in [-0.2, -0.15) is 13.2 Å². The van der Waals surface area contributed by atoms with Crippen LogP contribution < -0.4 is 25.8 Å². The summed E-state index contributed by atoms with van der Waals surface area (Å²) in [5.41, 5.74) is 3.94. The van der Waals surface area contributed by atoms with Crippen molar-refractivity contribution in [2.24, 2.45) is 5.73 Å². The van der Waals surface area contributed by atoms with Crippen molar-refractivity contribution in [3.63, 3.8) is 0 Å². The van der Waals surface area contributed by atoms with E-state index in [1.54, 1.807) is 0 Å². The van der Waals surface area contributed by atoms with E-state index in [-0.39, 0.29) is 39.3 Å². The van der Waals surface area contributed by atoms with Gasteiger partial charge in [-0.25, -0.2) is 4.79 Å². The zero-order valence-corrected chi connectivity index (χ0v) is 18.7. The van der Waals surface area contributed by atoms with Crippen molar-refractivity contribution >= 4 is 46.5 Å². The Morgan fingerprint density at radius 3 is 2.26 bits per heavy atom. The third-order valence-corrected chi connectivity index (χ3v) is 4.88. The molecule has 34 heavy (non-hydrogen) atoms. The van der Waals surface area contributed by atoms with Gasteiger partial charge >= 0.3 is 12.2 Å². The van der Waals surface area contributed by atoms with Crippen molar-refractivity contribution in [1.82, 2.24) is 4.98 Å². The van der Waals surface area contributed by atoms with Crippen LogP contribution in [0.1, 0.15) is 16.1 Å². The minimum atomic E-state index is -4.73. The molecule has 8 nitrogen and oxygen atoms in total. The lowest BCUT2D eigenvalue weighted by Crippen LogP contribution is -2.20. The van der Waals surface area contributed by atoms with Gasteiger partial charge < -0.3 is 25.8 Å². The lowest BCUT2D eigenvalue weighted by atomic mass is 10.1. The molecule has 0 aliphatic heterocycles. The molecule has 0 atom stereocenters. The van der Waals surface area contributed by atoms with Gasteiger partial charge in [0.1, 0.15) is 22.9 Å². The highest BCUT2D eigenvalue weighted by molar-refractivity contribution is 6.34. The zero-order chi connectivity index (χ0) is 25.0. The first-order chi connectivity index (χ1) is 16.0. The number of nitrogens with zero attached hydrogens (tertiary/aromatic N) is 1. The largest absolute Gasteiger partial charge is 0.495 e. The van der Waals surface area contributed by atoms with E-state index in [2.05, 4.69) is 15.6 Å². The SMILES string of the molecule is COc1cc(Cl)c(C(F)(F)F)cc1NC(=O)Nc1ccc(Oc2ccnc(C(N)=O)c2)cc1Cl. The summed E-state index contributed by atoms with van der Waals surface area (Å²) >= 11 is 11.9. The van der Waals surface area contributed by atoms with Crippen LogP contribution in [0.5, 0.6) is 17.2 Å². The van der Waals surface area contributed by atoms with E-state index in [0.29, 0.717) is 6.07 Å². The summed E-state index contributed by atoms with van der Waals surface area (Å²) in [5, 5.41) is 4.18. The van der Waals surface area contributed by atoms with Crippen molar-refractivity contribution in [2.75, 3.05) is 17.7 Å². The molecule has 0 aliphatic rings. The molecule has 178 valence electrons. The van der Waals surface area contributed by atoms with Gasteiger partial charge in [-0.3, -0.25) is 9.78 Å². The summed E-state index contributed by atoms with van der Waals surface area (Å²) in [6.45, 7) is 0. The smallest absolute Gasteiger partial charge is 0.417 e. The Bertz CT molecular complexity index is 1260. The maximum atomic E-state index is 13.1. The molecule has 0 radical (unpaired) electrons. The minimum Gasteiger partial charge on any atom is -0.495 e. The molecule has 13 heteroatoms. The van der Waals surface area contributed by atoms with Crippen LogP contribution in [0.25, 0.3) is 0 Å². The van der Waals surface area contributed by atoms with Gasteiger partial charge in [-0.05, 0) is 24.3 Å². The Hall–Kier alpha value is -3.70. The van der Waals surface area contributed by atoms with Crippen LogP contribution in [0.3, 0.4) is 0 Å². The summed E-state index contributed by atoms with van der Waals surface area (Å²) in [6, 6.07) is 7.82. The number of nitrogens with two attached hydrogens (primary N) is 1. The molecular formula is C21H15Cl2F3N4O4. The molecular weight excluding hydrogens is 500 g/mol. The van der Waals surface area contributed by atoms with Gasteiger partial charge in [0.2, 0.25) is 0 Å². The molecule has 0 saturated heterocycles. The van der Waals surface area contributed by atoms with Crippen molar-refractivity contribution in [3.8, 4) is 17.2 Å². The van der Waals surface area contributed by atoms with E-state index in [1.807, 2.05) is 0 Å². The minimum absolute atomic E-state index is 0.00450. The number of halogens is 5. The molecule has 3 amide bonds. The molecule has 3 aromatic rings. The summed E-state index contributed by atoms with van der Waals surface area (Å²) in [4.78, 5) is 27.4. The second kappa shape index (κ2) is 10.1. The first-order valence-electron chi connectivity index (χ1n) is 9.24. The number of anilines is 2. The fraction of sp³-hybridized carbons (Fsp3) is 0.0952. The van der Waals surface area contributed by atoms with E-state index in [4.69, 9.17) is 38.4 Å². The Balaban J connectivity index is 1.75. The van der Waals surface area contributed by atoms with Crippen molar-refractivity contribution in [3.05, 3.63) is 70.0 Å². The number of benzene rings is 2. The highest BCUT2D eigenvalue weighted by atomic mass is 35.5. The fourth-order valence-corrected chi connectivity index (χ4v) is 3.20. The molecule has 4 N–H and O–H groups in total.